The summed E-state index contributed by atoms with van der Waals surface area (Å²) in [6.07, 6.45) is 0. The predicted molar refractivity (Wildman–Crippen MR) is 113 cm³/mol. The Morgan fingerprint density at radius 2 is 2.07 bits per heavy atom. The van der Waals surface area contributed by atoms with Crippen LogP contribution in [0.25, 0.3) is 10.9 Å². The van der Waals surface area contributed by atoms with E-state index in [-0.39, 0.29) is 17.2 Å². The number of thioether (sulfide) groups is 1. The summed E-state index contributed by atoms with van der Waals surface area (Å²) in [7, 11) is 1.57. The number of nitrogens with one attached hydrogen (secondary N) is 1. The van der Waals surface area contributed by atoms with E-state index in [4.69, 9.17) is 16.3 Å². The van der Waals surface area contributed by atoms with Gasteiger partial charge in [-0.25, -0.2) is 4.98 Å². The summed E-state index contributed by atoms with van der Waals surface area (Å²) in [5.74, 6) is -0.0437. The molecule has 0 unspecified atom stereocenters. The molecule has 0 aliphatic rings. The second kappa shape index (κ2) is 9.23. The van der Waals surface area contributed by atoms with Crippen LogP contribution in [0.2, 0.25) is 5.02 Å². The Hall–Kier alpha value is -2.35. The summed E-state index contributed by atoms with van der Waals surface area (Å²) >= 11 is 7.25. The third-order valence-corrected chi connectivity index (χ3v) is 5.36. The predicted octanol–water partition coefficient (Wildman–Crippen LogP) is 3.74. The van der Waals surface area contributed by atoms with E-state index in [0.717, 1.165) is 11.3 Å². The van der Waals surface area contributed by atoms with Gasteiger partial charge in [-0.2, -0.15) is 0 Å². The van der Waals surface area contributed by atoms with Gasteiger partial charge in [0.05, 0.1) is 29.8 Å². The highest BCUT2D eigenvalue weighted by Crippen LogP contribution is 2.21. The van der Waals surface area contributed by atoms with E-state index in [2.05, 4.69) is 10.3 Å². The number of aromatic nitrogens is 2. The van der Waals surface area contributed by atoms with Crippen molar-refractivity contribution < 1.29 is 9.53 Å². The molecule has 0 aliphatic heterocycles. The Balaban J connectivity index is 1.85. The van der Waals surface area contributed by atoms with E-state index >= 15 is 0 Å². The second-order valence-corrected chi connectivity index (χ2v) is 7.54. The van der Waals surface area contributed by atoms with Crippen molar-refractivity contribution in [3.8, 4) is 0 Å². The van der Waals surface area contributed by atoms with Crippen molar-refractivity contribution >= 4 is 45.9 Å². The molecule has 1 heterocycles. The van der Waals surface area contributed by atoms with Gasteiger partial charge in [0, 0.05) is 17.8 Å². The van der Waals surface area contributed by atoms with E-state index in [0.29, 0.717) is 34.2 Å². The highest BCUT2D eigenvalue weighted by atomic mass is 35.5. The average molecular weight is 418 g/mol. The van der Waals surface area contributed by atoms with Crippen molar-refractivity contribution in [3.05, 3.63) is 63.4 Å². The highest BCUT2D eigenvalue weighted by Gasteiger charge is 2.14. The fourth-order valence-electron chi connectivity index (χ4n) is 2.69. The maximum atomic E-state index is 12.9. The molecule has 0 aliphatic carbocycles. The largest absolute Gasteiger partial charge is 0.383 e. The maximum Gasteiger partial charge on any atom is 0.262 e. The number of methoxy groups -OCH3 is 1. The van der Waals surface area contributed by atoms with Crippen molar-refractivity contribution in [3.63, 3.8) is 0 Å². The Kier molecular flexibility index (Phi) is 6.72. The smallest absolute Gasteiger partial charge is 0.262 e. The lowest BCUT2D eigenvalue weighted by molar-refractivity contribution is -0.113. The molecule has 146 valence electrons. The zero-order chi connectivity index (χ0) is 20.1. The van der Waals surface area contributed by atoms with Gasteiger partial charge in [-0.15, -0.1) is 0 Å². The minimum atomic E-state index is -0.180. The Morgan fingerprint density at radius 1 is 1.29 bits per heavy atom. The zero-order valence-corrected chi connectivity index (χ0v) is 17.1. The molecule has 0 atom stereocenters. The van der Waals surface area contributed by atoms with Crippen LogP contribution in [0.4, 0.5) is 5.69 Å². The second-order valence-electron chi connectivity index (χ2n) is 6.16. The van der Waals surface area contributed by atoms with Gasteiger partial charge in [-0.3, -0.25) is 14.2 Å². The van der Waals surface area contributed by atoms with Gasteiger partial charge in [0.15, 0.2) is 5.16 Å². The van der Waals surface area contributed by atoms with Crippen LogP contribution in [0.5, 0.6) is 0 Å². The third kappa shape index (κ3) is 4.73. The first-order chi connectivity index (χ1) is 13.5. The SMILES string of the molecule is COCCn1c(SCC(=O)Nc2ccccc2C)nc2cc(Cl)ccc2c1=O. The highest BCUT2D eigenvalue weighted by molar-refractivity contribution is 7.99. The number of para-hydroxylation sites is 1. The molecule has 0 saturated carbocycles. The number of hydrogen-bond acceptors (Lipinski definition) is 5. The molecule has 1 aromatic heterocycles. The first kappa shape index (κ1) is 20.4. The number of rotatable bonds is 7. The van der Waals surface area contributed by atoms with Gasteiger partial charge in [-0.1, -0.05) is 41.6 Å². The number of carbonyl (C=O) groups excluding carboxylic acids is 1. The maximum absolute atomic E-state index is 12.9. The molecular formula is C20H20ClN3O3S. The first-order valence-electron chi connectivity index (χ1n) is 8.67. The Labute approximate surface area is 171 Å². The molecule has 0 saturated heterocycles. The summed E-state index contributed by atoms with van der Waals surface area (Å²) in [5.41, 5.74) is 2.08. The molecule has 0 radical (unpaired) electrons. The minimum Gasteiger partial charge on any atom is -0.383 e. The van der Waals surface area contributed by atoms with Crippen molar-refractivity contribution in [1.29, 1.82) is 0 Å². The topological polar surface area (TPSA) is 73.2 Å². The molecule has 1 amide bonds. The summed E-state index contributed by atoms with van der Waals surface area (Å²) < 4.78 is 6.64. The number of aryl methyl sites for hydroxylation is 1. The minimum absolute atomic E-state index is 0.125. The van der Waals surface area contributed by atoms with Crippen molar-refractivity contribution in [1.82, 2.24) is 9.55 Å². The van der Waals surface area contributed by atoms with Gasteiger partial charge in [-0.05, 0) is 36.8 Å². The Bertz CT molecular complexity index is 1070. The zero-order valence-electron chi connectivity index (χ0n) is 15.6. The molecule has 28 heavy (non-hydrogen) atoms. The van der Waals surface area contributed by atoms with Gasteiger partial charge in [0.2, 0.25) is 5.91 Å². The summed E-state index contributed by atoms with van der Waals surface area (Å²) in [6, 6.07) is 12.5. The normalized spacial score (nSPS) is 11.0. The van der Waals surface area contributed by atoms with E-state index in [9.17, 15) is 9.59 Å². The number of ether oxygens (including phenoxy) is 1. The third-order valence-electron chi connectivity index (χ3n) is 4.15. The van der Waals surface area contributed by atoms with E-state index in [1.165, 1.54) is 16.3 Å². The Morgan fingerprint density at radius 3 is 2.82 bits per heavy atom. The number of amides is 1. The van der Waals surface area contributed by atoms with Crippen LogP contribution in [0.1, 0.15) is 5.56 Å². The van der Waals surface area contributed by atoms with Gasteiger partial charge >= 0.3 is 0 Å². The number of halogens is 1. The molecule has 0 spiro atoms. The molecule has 3 aromatic rings. The van der Waals surface area contributed by atoms with E-state index in [1.807, 2.05) is 31.2 Å². The molecule has 2 aromatic carbocycles. The number of benzene rings is 2. The van der Waals surface area contributed by atoms with E-state index < -0.39 is 0 Å². The van der Waals surface area contributed by atoms with Crippen LogP contribution in [0, 0.1) is 6.92 Å². The monoisotopic (exact) mass is 417 g/mol. The van der Waals surface area contributed by atoms with Gasteiger partial charge in [0.1, 0.15) is 0 Å². The summed E-state index contributed by atoms with van der Waals surface area (Å²) in [5, 5.41) is 4.32. The van der Waals surface area contributed by atoms with Crippen LogP contribution < -0.4 is 10.9 Å². The van der Waals surface area contributed by atoms with E-state index in [1.54, 1.807) is 25.3 Å². The van der Waals surface area contributed by atoms with Gasteiger partial charge in [0.25, 0.3) is 5.56 Å². The lowest BCUT2D eigenvalue weighted by atomic mass is 10.2. The fraction of sp³-hybridized carbons (Fsp3) is 0.250. The molecule has 8 heteroatoms. The lowest BCUT2D eigenvalue weighted by Gasteiger charge is -2.13. The van der Waals surface area contributed by atoms with Gasteiger partial charge < -0.3 is 10.1 Å². The number of hydrogen-bond donors (Lipinski definition) is 1. The van der Waals surface area contributed by atoms with Crippen LogP contribution in [-0.4, -0.2) is 34.9 Å². The average Bonchev–Trinajstić information content (AvgIpc) is 2.67. The number of carbonyl (C=O) groups is 1. The van der Waals surface area contributed by atoms with Crippen molar-refractivity contribution in [2.45, 2.75) is 18.6 Å². The standard InChI is InChI=1S/C20H20ClN3O3S/c1-13-5-3-4-6-16(13)22-18(25)12-28-20-23-17-11-14(21)7-8-15(17)19(26)24(20)9-10-27-2/h3-8,11H,9-10,12H2,1-2H3,(H,22,25). The lowest BCUT2D eigenvalue weighted by Crippen LogP contribution is -2.26. The number of nitrogens with zero attached hydrogens (tertiary/aromatic N) is 2. The van der Waals surface area contributed by atoms with Crippen LogP contribution in [-0.2, 0) is 16.1 Å². The molecular weight excluding hydrogens is 398 g/mol. The summed E-state index contributed by atoms with van der Waals surface area (Å²) in [4.78, 5) is 29.8. The van der Waals surface area contributed by atoms with Crippen molar-refractivity contribution in [2.24, 2.45) is 0 Å². The fourth-order valence-corrected chi connectivity index (χ4v) is 3.68. The molecule has 1 N–H and O–H groups in total. The molecule has 0 fully saturated rings. The quantitative estimate of drug-likeness (QED) is 0.468. The van der Waals surface area contributed by atoms with Crippen LogP contribution >= 0.6 is 23.4 Å². The first-order valence-corrected chi connectivity index (χ1v) is 10.0. The molecule has 0 bridgehead atoms. The number of anilines is 1. The van der Waals surface area contributed by atoms with Crippen molar-refractivity contribution in [2.75, 3.05) is 24.8 Å². The van der Waals surface area contributed by atoms with Crippen LogP contribution in [0.3, 0.4) is 0 Å². The molecule has 6 nitrogen and oxygen atoms in total. The van der Waals surface area contributed by atoms with Crippen LogP contribution in [0.15, 0.2) is 52.4 Å². The summed E-state index contributed by atoms with van der Waals surface area (Å²) in [6.45, 7) is 2.64. The molecule has 3 rings (SSSR count). The number of fused-ring (bicyclic) bond motifs is 1.